The molecule has 6 nitrogen and oxygen atoms in total. The van der Waals surface area contributed by atoms with Crippen molar-refractivity contribution in [2.24, 2.45) is 4.99 Å². The Labute approximate surface area is 171 Å². The first-order chi connectivity index (χ1) is 14.1. The van der Waals surface area contributed by atoms with E-state index in [0.29, 0.717) is 38.2 Å². The number of aliphatic imine (C=N–C) groups is 1. The number of para-hydroxylation sites is 1. The van der Waals surface area contributed by atoms with Crippen LogP contribution in [0, 0.1) is 0 Å². The van der Waals surface area contributed by atoms with E-state index in [9.17, 15) is 9.59 Å². The highest BCUT2D eigenvalue weighted by Crippen LogP contribution is 2.28. The molecule has 29 heavy (non-hydrogen) atoms. The maximum absolute atomic E-state index is 12.5. The lowest BCUT2D eigenvalue weighted by Gasteiger charge is -2.36. The lowest BCUT2D eigenvalue weighted by atomic mass is 9.98. The van der Waals surface area contributed by atoms with Gasteiger partial charge in [-0.2, -0.15) is 0 Å². The molecule has 150 valence electrons. The third kappa shape index (κ3) is 4.22. The van der Waals surface area contributed by atoms with Gasteiger partial charge in [0.05, 0.1) is 6.54 Å². The van der Waals surface area contributed by atoms with E-state index in [1.165, 1.54) is 0 Å². The maximum atomic E-state index is 12.5. The van der Waals surface area contributed by atoms with E-state index in [-0.39, 0.29) is 11.8 Å². The fourth-order valence-electron chi connectivity index (χ4n) is 4.02. The predicted octanol–water partition coefficient (Wildman–Crippen LogP) is 2.60. The number of likely N-dealkylation sites (tertiary alicyclic amines) is 1. The Morgan fingerprint density at radius 2 is 1.79 bits per heavy atom. The highest BCUT2D eigenvalue weighted by molar-refractivity contribution is 6.46. The Kier molecular flexibility index (Phi) is 5.45. The Balaban J connectivity index is 1.35. The molecule has 1 fully saturated rings. The minimum Gasteiger partial charge on any atom is -0.326 e. The molecule has 1 spiro atoms. The Morgan fingerprint density at radius 3 is 2.52 bits per heavy atom. The van der Waals surface area contributed by atoms with E-state index in [1.54, 1.807) is 0 Å². The molecule has 0 bridgehead atoms. The molecule has 2 aliphatic heterocycles. The van der Waals surface area contributed by atoms with Gasteiger partial charge in [0.15, 0.2) is 0 Å². The fraction of sp³-hybridized carbons (Fsp3) is 0.348. The van der Waals surface area contributed by atoms with Crippen molar-refractivity contribution in [3.05, 3.63) is 65.7 Å². The van der Waals surface area contributed by atoms with Crippen LogP contribution in [0.15, 0.2) is 59.6 Å². The van der Waals surface area contributed by atoms with E-state index in [2.05, 4.69) is 22.5 Å². The Bertz CT molecular complexity index is 931. The molecule has 0 aromatic heterocycles. The molecule has 4 rings (SSSR count). The third-order valence-electron chi connectivity index (χ3n) is 5.66. The fourth-order valence-corrected chi connectivity index (χ4v) is 4.02. The quantitative estimate of drug-likeness (QED) is 0.824. The predicted molar refractivity (Wildman–Crippen MR) is 114 cm³/mol. The summed E-state index contributed by atoms with van der Waals surface area (Å²) >= 11 is 0. The number of benzene rings is 2. The monoisotopic (exact) mass is 390 g/mol. The first kappa shape index (κ1) is 19.3. The number of nitrogens with zero attached hydrogens (tertiary/aromatic N) is 2. The standard InChI is InChI=1S/C23H26N4O2/c1-2-17-8-6-7-11-19(17)24-20(28)16-27-14-12-23(13-15-27)25-21(22(29)26-23)18-9-4-3-5-10-18/h3-11H,2,12-16H2,1H3,(H,24,28)(H,26,29). The summed E-state index contributed by atoms with van der Waals surface area (Å²) in [5, 5.41) is 6.10. The number of hydrogen-bond donors (Lipinski definition) is 2. The molecular weight excluding hydrogens is 364 g/mol. The van der Waals surface area contributed by atoms with Crippen LogP contribution in [0.5, 0.6) is 0 Å². The van der Waals surface area contributed by atoms with Gasteiger partial charge in [0.2, 0.25) is 5.91 Å². The summed E-state index contributed by atoms with van der Waals surface area (Å²) in [6.45, 7) is 3.86. The average Bonchev–Trinajstić information content (AvgIpc) is 3.07. The zero-order chi connectivity index (χ0) is 20.3. The van der Waals surface area contributed by atoms with Crippen LogP contribution in [-0.2, 0) is 16.0 Å². The van der Waals surface area contributed by atoms with Crippen molar-refractivity contribution >= 4 is 23.2 Å². The number of aryl methyl sites for hydroxylation is 1. The van der Waals surface area contributed by atoms with Crippen LogP contribution < -0.4 is 10.6 Å². The topological polar surface area (TPSA) is 73.8 Å². The minimum absolute atomic E-state index is 0.00853. The number of rotatable bonds is 5. The lowest BCUT2D eigenvalue weighted by molar-refractivity contribution is -0.119. The van der Waals surface area contributed by atoms with E-state index in [4.69, 9.17) is 4.99 Å². The normalized spacial score (nSPS) is 18.4. The minimum atomic E-state index is -0.538. The van der Waals surface area contributed by atoms with Crippen molar-refractivity contribution in [1.29, 1.82) is 0 Å². The molecule has 2 heterocycles. The van der Waals surface area contributed by atoms with Crippen molar-refractivity contribution in [2.75, 3.05) is 25.0 Å². The molecule has 2 N–H and O–H groups in total. The van der Waals surface area contributed by atoms with E-state index < -0.39 is 5.66 Å². The van der Waals surface area contributed by atoms with Crippen molar-refractivity contribution in [1.82, 2.24) is 10.2 Å². The largest absolute Gasteiger partial charge is 0.326 e. The number of anilines is 1. The molecule has 2 aromatic rings. The molecule has 0 unspecified atom stereocenters. The SMILES string of the molecule is CCc1ccccc1NC(=O)CN1CCC2(CC1)N=C(c1ccccc1)C(=O)N2. The number of nitrogens with one attached hydrogen (secondary N) is 2. The van der Waals surface area contributed by atoms with Gasteiger partial charge in [0.25, 0.3) is 5.91 Å². The van der Waals surface area contributed by atoms with Crippen LogP contribution >= 0.6 is 0 Å². The number of carbonyl (C=O) groups is 2. The van der Waals surface area contributed by atoms with Crippen LogP contribution in [0.2, 0.25) is 0 Å². The molecule has 2 aliphatic rings. The van der Waals surface area contributed by atoms with Gasteiger partial charge in [0.1, 0.15) is 11.4 Å². The smallest absolute Gasteiger partial charge is 0.272 e. The summed E-state index contributed by atoms with van der Waals surface area (Å²) in [4.78, 5) is 31.8. The van der Waals surface area contributed by atoms with E-state index in [1.807, 2.05) is 54.6 Å². The van der Waals surface area contributed by atoms with E-state index >= 15 is 0 Å². The summed E-state index contributed by atoms with van der Waals surface area (Å²) in [6.07, 6.45) is 2.28. The second-order valence-corrected chi connectivity index (χ2v) is 7.65. The van der Waals surface area contributed by atoms with Crippen LogP contribution in [-0.4, -0.2) is 47.7 Å². The highest BCUT2D eigenvalue weighted by atomic mass is 16.2. The van der Waals surface area contributed by atoms with E-state index in [0.717, 1.165) is 23.2 Å². The zero-order valence-corrected chi connectivity index (χ0v) is 16.6. The molecule has 6 heteroatoms. The van der Waals surface area contributed by atoms with Gasteiger partial charge >= 0.3 is 0 Å². The van der Waals surface area contributed by atoms with Crippen LogP contribution in [0.3, 0.4) is 0 Å². The van der Waals surface area contributed by atoms with Crippen molar-refractivity contribution in [3.8, 4) is 0 Å². The van der Waals surface area contributed by atoms with Gasteiger partial charge in [-0.1, -0.05) is 55.5 Å². The molecule has 0 aliphatic carbocycles. The summed E-state index contributed by atoms with van der Waals surface area (Å²) in [7, 11) is 0. The van der Waals surface area contributed by atoms with Gasteiger partial charge in [-0.15, -0.1) is 0 Å². The van der Waals surface area contributed by atoms with Crippen LogP contribution in [0.4, 0.5) is 5.69 Å². The molecule has 2 amide bonds. The number of hydrogen-bond acceptors (Lipinski definition) is 4. The Hall–Kier alpha value is -2.99. The maximum Gasteiger partial charge on any atom is 0.272 e. The van der Waals surface area contributed by atoms with Gasteiger partial charge in [-0.25, -0.2) is 0 Å². The third-order valence-corrected chi connectivity index (χ3v) is 5.66. The molecule has 0 radical (unpaired) electrons. The van der Waals surface area contributed by atoms with Gasteiger partial charge < -0.3 is 10.6 Å². The van der Waals surface area contributed by atoms with Crippen LogP contribution in [0.1, 0.15) is 30.9 Å². The summed E-state index contributed by atoms with van der Waals surface area (Å²) in [5.74, 6) is -0.121. The van der Waals surface area contributed by atoms with Crippen molar-refractivity contribution in [2.45, 2.75) is 31.8 Å². The van der Waals surface area contributed by atoms with Gasteiger partial charge in [0, 0.05) is 37.2 Å². The number of carbonyl (C=O) groups excluding carboxylic acids is 2. The average molecular weight is 390 g/mol. The zero-order valence-electron chi connectivity index (χ0n) is 16.6. The van der Waals surface area contributed by atoms with Crippen LogP contribution in [0.25, 0.3) is 0 Å². The first-order valence-electron chi connectivity index (χ1n) is 10.2. The number of amides is 2. The molecule has 1 saturated heterocycles. The van der Waals surface area contributed by atoms with Gasteiger partial charge in [-0.3, -0.25) is 19.5 Å². The van der Waals surface area contributed by atoms with Gasteiger partial charge in [-0.05, 0) is 18.1 Å². The second-order valence-electron chi connectivity index (χ2n) is 7.65. The molecule has 2 aromatic carbocycles. The Morgan fingerprint density at radius 1 is 1.10 bits per heavy atom. The molecule has 0 atom stereocenters. The molecule has 0 saturated carbocycles. The van der Waals surface area contributed by atoms with Crippen molar-refractivity contribution in [3.63, 3.8) is 0 Å². The summed E-state index contributed by atoms with van der Waals surface area (Å²) < 4.78 is 0. The summed E-state index contributed by atoms with van der Waals surface area (Å²) in [5.41, 5.74) is 2.83. The first-order valence-corrected chi connectivity index (χ1v) is 10.2. The second kappa shape index (κ2) is 8.17. The van der Waals surface area contributed by atoms with Crippen molar-refractivity contribution < 1.29 is 9.59 Å². The summed E-state index contributed by atoms with van der Waals surface area (Å²) in [6, 6.07) is 17.5. The number of piperidine rings is 1. The molecular formula is C23H26N4O2. The highest BCUT2D eigenvalue weighted by Gasteiger charge is 2.42. The lowest BCUT2D eigenvalue weighted by Crippen LogP contribution is -2.52.